The third kappa shape index (κ3) is 3.48. The Morgan fingerprint density at radius 3 is 2.85 bits per heavy atom. The fourth-order valence-corrected chi connectivity index (χ4v) is 2.71. The summed E-state index contributed by atoms with van der Waals surface area (Å²) in [5, 5.41) is 4.88. The number of aryl methyl sites for hydroxylation is 1. The Hall–Kier alpha value is -3.72. The van der Waals surface area contributed by atoms with Crippen LogP contribution in [0.25, 0.3) is 22.3 Å². The summed E-state index contributed by atoms with van der Waals surface area (Å²) in [6.45, 7) is 3.86. The van der Waals surface area contributed by atoms with E-state index in [9.17, 15) is 0 Å². The Morgan fingerprint density at radius 2 is 2.04 bits per heavy atom. The van der Waals surface area contributed by atoms with Gasteiger partial charge in [-0.3, -0.25) is 0 Å². The number of nitrogens with zero attached hydrogens (tertiary/aromatic N) is 4. The van der Waals surface area contributed by atoms with Gasteiger partial charge in [-0.05, 0) is 32.0 Å². The Bertz CT molecular complexity index is 1190. The lowest BCUT2D eigenvalue weighted by atomic mass is 10.1. The summed E-state index contributed by atoms with van der Waals surface area (Å²) in [7, 11) is 0. The number of nitrogens with two attached hydrogens (primary N) is 1. The minimum Gasteiger partial charge on any atom is -0.382 e. The van der Waals surface area contributed by atoms with Crippen LogP contribution in [-0.4, -0.2) is 20.1 Å². The predicted molar refractivity (Wildman–Crippen MR) is 104 cm³/mol. The molecule has 0 saturated heterocycles. The summed E-state index contributed by atoms with van der Waals surface area (Å²) in [5.74, 6) is 8.13. The first kappa shape index (κ1) is 16.7. The molecule has 0 bridgehead atoms. The molecule has 0 unspecified atom stereocenters. The summed E-state index contributed by atoms with van der Waals surface area (Å²) in [4.78, 5) is 13.1. The van der Waals surface area contributed by atoms with Gasteiger partial charge in [0.2, 0.25) is 0 Å². The van der Waals surface area contributed by atoms with Crippen molar-refractivity contribution in [2.24, 2.45) is 0 Å². The van der Waals surface area contributed by atoms with E-state index in [0.29, 0.717) is 17.2 Å². The van der Waals surface area contributed by atoms with Crippen LogP contribution < -0.4 is 5.73 Å². The third-order valence-corrected chi connectivity index (χ3v) is 4.17. The summed E-state index contributed by atoms with van der Waals surface area (Å²) in [6.07, 6.45) is 3.40. The molecule has 0 aliphatic heterocycles. The maximum absolute atomic E-state index is 5.93. The normalized spacial score (nSPS) is 11.8. The monoisotopic (exact) mass is 355 g/mol. The van der Waals surface area contributed by atoms with Gasteiger partial charge in [0.25, 0.3) is 0 Å². The predicted octanol–water partition coefficient (Wildman–Crippen LogP) is 3.73. The van der Waals surface area contributed by atoms with Gasteiger partial charge in [-0.2, -0.15) is 0 Å². The first-order chi connectivity index (χ1) is 13.1. The highest BCUT2D eigenvalue weighted by molar-refractivity contribution is 5.87. The van der Waals surface area contributed by atoms with E-state index >= 15 is 0 Å². The molecule has 0 aliphatic carbocycles. The molecule has 4 rings (SSSR count). The Morgan fingerprint density at radius 1 is 1.15 bits per heavy atom. The molecule has 4 aromatic rings. The number of anilines is 1. The molecular weight excluding hydrogens is 338 g/mol. The minimum atomic E-state index is -0.0195. The fraction of sp³-hybridized carbons (Fsp3) is 0.143. The number of hydrogen-bond donors (Lipinski definition) is 1. The molecule has 3 heterocycles. The molecule has 6 nitrogen and oxygen atoms in total. The largest absolute Gasteiger partial charge is 0.382 e. The summed E-state index contributed by atoms with van der Waals surface area (Å²) in [6, 6.07) is 11.5. The summed E-state index contributed by atoms with van der Waals surface area (Å²) >= 11 is 0. The van der Waals surface area contributed by atoms with E-state index < -0.39 is 0 Å². The van der Waals surface area contributed by atoms with Crippen molar-refractivity contribution < 1.29 is 4.52 Å². The summed E-state index contributed by atoms with van der Waals surface area (Å²) < 4.78 is 5.11. The number of aromatic nitrogens is 4. The average molecular weight is 355 g/mol. The third-order valence-electron chi connectivity index (χ3n) is 4.17. The standard InChI is InChI=1S/C21H17N5O/c1-13(18-10-14(2)27-26-18)6-7-15-4-3-5-16(11-15)21-24-12-17-8-9-23-20(22)19(17)25-21/h3-5,8-13H,1-2H3,(H2,22,23)/t13-/m0/s1. The minimum absolute atomic E-state index is 0.0195. The molecule has 27 heavy (non-hydrogen) atoms. The Labute approximate surface area is 156 Å². The van der Waals surface area contributed by atoms with E-state index in [1.807, 2.05) is 50.2 Å². The zero-order valence-electron chi connectivity index (χ0n) is 15.0. The van der Waals surface area contributed by atoms with Crippen LogP contribution >= 0.6 is 0 Å². The van der Waals surface area contributed by atoms with Crippen LogP contribution in [0.3, 0.4) is 0 Å². The molecule has 0 spiro atoms. The van der Waals surface area contributed by atoms with Crippen LogP contribution in [0.5, 0.6) is 0 Å². The van der Waals surface area contributed by atoms with Gasteiger partial charge in [0.05, 0.1) is 11.6 Å². The van der Waals surface area contributed by atoms with Gasteiger partial charge < -0.3 is 10.3 Å². The van der Waals surface area contributed by atoms with E-state index in [4.69, 9.17) is 10.3 Å². The highest BCUT2D eigenvalue weighted by atomic mass is 16.5. The molecule has 1 atom stereocenters. The van der Waals surface area contributed by atoms with Crippen LogP contribution in [0.15, 0.2) is 53.3 Å². The molecule has 6 heteroatoms. The number of pyridine rings is 1. The van der Waals surface area contributed by atoms with Crippen molar-refractivity contribution in [3.63, 3.8) is 0 Å². The van der Waals surface area contributed by atoms with Gasteiger partial charge in [0.1, 0.15) is 17.1 Å². The van der Waals surface area contributed by atoms with Crippen molar-refractivity contribution in [2.45, 2.75) is 19.8 Å². The maximum Gasteiger partial charge on any atom is 0.159 e. The highest BCUT2D eigenvalue weighted by Gasteiger charge is 2.08. The van der Waals surface area contributed by atoms with Gasteiger partial charge in [-0.25, -0.2) is 15.0 Å². The van der Waals surface area contributed by atoms with Crippen molar-refractivity contribution in [3.8, 4) is 23.2 Å². The quantitative estimate of drug-likeness (QED) is 0.551. The van der Waals surface area contributed by atoms with Gasteiger partial charge >= 0.3 is 0 Å². The molecular formula is C21H17N5O. The van der Waals surface area contributed by atoms with E-state index in [1.165, 1.54) is 0 Å². The number of benzene rings is 1. The SMILES string of the molecule is Cc1cc([C@@H](C)C#Cc2cccc(-c3ncc4ccnc(N)c4n3)c2)no1. The molecule has 0 fully saturated rings. The van der Waals surface area contributed by atoms with Crippen molar-refractivity contribution in [1.29, 1.82) is 0 Å². The van der Waals surface area contributed by atoms with Gasteiger partial charge in [-0.1, -0.05) is 29.1 Å². The van der Waals surface area contributed by atoms with Gasteiger partial charge in [0, 0.05) is 35.0 Å². The first-order valence-corrected chi connectivity index (χ1v) is 8.52. The second kappa shape index (κ2) is 6.89. The van der Waals surface area contributed by atoms with Crippen molar-refractivity contribution in [1.82, 2.24) is 20.1 Å². The molecule has 0 amide bonds. The first-order valence-electron chi connectivity index (χ1n) is 8.52. The van der Waals surface area contributed by atoms with Crippen LogP contribution in [0.4, 0.5) is 5.82 Å². The lowest BCUT2D eigenvalue weighted by Gasteiger charge is -2.04. The van der Waals surface area contributed by atoms with Gasteiger partial charge in [0.15, 0.2) is 5.82 Å². The number of fused-ring (bicyclic) bond motifs is 1. The van der Waals surface area contributed by atoms with Crippen LogP contribution in [-0.2, 0) is 0 Å². The van der Waals surface area contributed by atoms with Crippen molar-refractivity contribution in [3.05, 3.63) is 65.8 Å². The Kier molecular flexibility index (Phi) is 4.27. The summed E-state index contributed by atoms with van der Waals surface area (Å²) in [5.41, 5.74) is 9.16. The second-order valence-electron chi connectivity index (χ2n) is 6.26. The molecule has 0 radical (unpaired) electrons. The van der Waals surface area contributed by atoms with E-state index in [2.05, 4.69) is 31.9 Å². The smallest absolute Gasteiger partial charge is 0.159 e. The lowest BCUT2D eigenvalue weighted by Crippen LogP contribution is -1.96. The second-order valence-corrected chi connectivity index (χ2v) is 6.26. The van der Waals surface area contributed by atoms with E-state index in [0.717, 1.165) is 28.0 Å². The Balaban J connectivity index is 1.65. The topological polar surface area (TPSA) is 90.7 Å². The fourth-order valence-electron chi connectivity index (χ4n) is 2.71. The van der Waals surface area contributed by atoms with Gasteiger partial charge in [-0.15, -0.1) is 0 Å². The van der Waals surface area contributed by atoms with Crippen LogP contribution in [0.2, 0.25) is 0 Å². The van der Waals surface area contributed by atoms with E-state index in [-0.39, 0.29) is 5.92 Å². The van der Waals surface area contributed by atoms with E-state index in [1.54, 1.807) is 12.4 Å². The average Bonchev–Trinajstić information content (AvgIpc) is 3.13. The lowest BCUT2D eigenvalue weighted by molar-refractivity contribution is 0.389. The van der Waals surface area contributed by atoms with Crippen LogP contribution in [0.1, 0.15) is 29.9 Å². The van der Waals surface area contributed by atoms with Crippen LogP contribution in [0, 0.1) is 18.8 Å². The molecule has 1 aromatic carbocycles. The number of rotatable bonds is 2. The van der Waals surface area contributed by atoms with Crippen molar-refractivity contribution >= 4 is 16.7 Å². The number of nitrogen functional groups attached to an aromatic ring is 1. The molecule has 2 N–H and O–H groups in total. The molecule has 0 saturated carbocycles. The number of hydrogen-bond acceptors (Lipinski definition) is 6. The zero-order valence-corrected chi connectivity index (χ0v) is 15.0. The highest BCUT2D eigenvalue weighted by Crippen LogP contribution is 2.21. The maximum atomic E-state index is 5.93. The molecule has 0 aliphatic rings. The zero-order chi connectivity index (χ0) is 18.8. The van der Waals surface area contributed by atoms with Crippen molar-refractivity contribution in [2.75, 3.05) is 5.73 Å². The molecule has 132 valence electrons. The molecule has 3 aromatic heterocycles.